The Morgan fingerprint density at radius 2 is 1.68 bits per heavy atom. The van der Waals surface area contributed by atoms with Gasteiger partial charge in [-0.15, -0.1) is 0 Å². The first-order valence-electron chi connectivity index (χ1n) is 5.18. The highest BCUT2D eigenvalue weighted by molar-refractivity contribution is 6.38. The third-order valence-electron chi connectivity index (χ3n) is 2.39. The van der Waals surface area contributed by atoms with Gasteiger partial charge in [0.1, 0.15) is 5.75 Å². The summed E-state index contributed by atoms with van der Waals surface area (Å²) in [5, 5.41) is 1.01. The van der Waals surface area contributed by atoms with E-state index in [9.17, 15) is 8.78 Å². The molecule has 0 aliphatic rings. The van der Waals surface area contributed by atoms with Crippen molar-refractivity contribution < 1.29 is 13.5 Å². The van der Waals surface area contributed by atoms with Gasteiger partial charge in [0.05, 0.1) is 10.0 Å². The molecule has 0 heterocycles. The standard InChI is InChI=1S/C13H7Cl3F2O/c14-7-4-5-8(10(16)6-7)12-9(15)2-1-3-11(12)19-13(17)18/h1-6,13H. The minimum Gasteiger partial charge on any atom is -0.434 e. The second-order valence-electron chi connectivity index (χ2n) is 3.62. The van der Waals surface area contributed by atoms with Crippen LogP contribution in [0.1, 0.15) is 0 Å². The van der Waals surface area contributed by atoms with E-state index >= 15 is 0 Å². The van der Waals surface area contributed by atoms with Gasteiger partial charge < -0.3 is 4.74 Å². The van der Waals surface area contributed by atoms with Gasteiger partial charge in [-0.25, -0.2) is 0 Å². The van der Waals surface area contributed by atoms with E-state index in [1.54, 1.807) is 18.2 Å². The van der Waals surface area contributed by atoms with Gasteiger partial charge in [-0.2, -0.15) is 8.78 Å². The summed E-state index contributed by atoms with van der Waals surface area (Å²) < 4.78 is 29.2. The first kappa shape index (κ1) is 14.4. The van der Waals surface area contributed by atoms with E-state index in [0.29, 0.717) is 21.2 Å². The van der Waals surface area contributed by atoms with Gasteiger partial charge >= 0.3 is 6.61 Å². The van der Waals surface area contributed by atoms with Crippen molar-refractivity contribution in [2.24, 2.45) is 0 Å². The van der Waals surface area contributed by atoms with E-state index < -0.39 is 6.61 Å². The predicted molar refractivity (Wildman–Crippen MR) is 73.5 cm³/mol. The van der Waals surface area contributed by atoms with Crippen LogP contribution in [0.25, 0.3) is 11.1 Å². The molecule has 0 unspecified atom stereocenters. The molecule has 6 heteroatoms. The molecule has 0 saturated heterocycles. The molecule has 0 fully saturated rings. The predicted octanol–water partition coefficient (Wildman–Crippen LogP) is 5.92. The van der Waals surface area contributed by atoms with Crippen molar-refractivity contribution in [3.05, 3.63) is 51.5 Å². The van der Waals surface area contributed by atoms with Crippen LogP contribution in [-0.4, -0.2) is 6.61 Å². The van der Waals surface area contributed by atoms with E-state index in [1.165, 1.54) is 18.2 Å². The van der Waals surface area contributed by atoms with Crippen LogP contribution in [0.15, 0.2) is 36.4 Å². The third-order valence-corrected chi connectivity index (χ3v) is 3.25. The van der Waals surface area contributed by atoms with Gasteiger partial charge in [0.15, 0.2) is 0 Å². The second-order valence-corrected chi connectivity index (χ2v) is 4.87. The smallest absolute Gasteiger partial charge is 0.387 e. The van der Waals surface area contributed by atoms with Crippen LogP contribution in [0.5, 0.6) is 5.75 Å². The molecule has 0 spiro atoms. The summed E-state index contributed by atoms with van der Waals surface area (Å²) in [5.41, 5.74) is 0.790. The highest BCUT2D eigenvalue weighted by atomic mass is 35.5. The molecule has 0 saturated carbocycles. The zero-order chi connectivity index (χ0) is 14.0. The van der Waals surface area contributed by atoms with Crippen LogP contribution < -0.4 is 4.74 Å². The maximum absolute atomic E-state index is 12.4. The number of ether oxygens (including phenoxy) is 1. The summed E-state index contributed by atoms with van der Waals surface area (Å²) >= 11 is 17.9. The number of halogens is 5. The van der Waals surface area contributed by atoms with Gasteiger partial charge in [-0.1, -0.05) is 46.9 Å². The van der Waals surface area contributed by atoms with E-state index in [4.69, 9.17) is 34.8 Å². The van der Waals surface area contributed by atoms with Crippen LogP contribution in [0.3, 0.4) is 0 Å². The van der Waals surface area contributed by atoms with Crippen molar-refractivity contribution in [3.8, 4) is 16.9 Å². The van der Waals surface area contributed by atoms with Crippen LogP contribution in [-0.2, 0) is 0 Å². The molecule has 100 valence electrons. The van der Waals surface area contributed by atoms with Gasteiger partial charge in [0.25, 0.3) is 0 Å². The topological polar surface area (TPSA) is 9.23 Å². The van der Waals surface area contributed by atoms with Gasteiger partial charge in [0.2, 0.25) is 0 Å². The molecule has 0 bridgehead atoms. The first-order chi connectivity index (χ1) is 8.99. The molecule has 0 aromatic heterocycles. The lowest BCUT2D eigenvalue weighted by Crippen LogP contribution is -2.03. The summed E-state index contributed by atoms with van der Waals surface area (Å²) in [6.45, 7) is -2.94. The highest BCUT2D eigenvalue weighted by Gasteiger charge is 2.16. The molecule has 0 atom stereocenters. The summed E-state index contributed by atoms with van der Waals surface area (Å²) in [6, 6.07) is 9.20. The Kier molecular flexibility index (Phi) is 4.50. The fraction of sp³-hybridized carbons (Fsp3) is 0.0769. The summed E-state index contributed by atoms with van der Waals surface area (Å²) in [5.74, 6) is -0.0354. The Bertz CT molecular complexity index is 602. The fourth-order valence-corrected chi connectivity index (χ4v) is 2.42. The van der Waals surface area contributed by atoms with E-state index in [1.807, 2.05) is 0 Å². The minimum atomic E-state index is -2.94. The molecular weight excluding hydrogens is 316 g/mol. The SMILES string of the molecule is FC(F)Oc1cccc(Cl)c1-c1ccc(Cl)cc1Cl. The molecule has 0 aliphatic carbocycles. The average molecular weight is 324 g/mol. The molecule has 19 heavy (non-hydrogen) atoms. The molecule has 2 rings (SSSR count). The molecule has 2 aromatic carbocycles. The number of rotatable bonds is 3. The summed E-state index contributed by atoms with van der Waals surface area (Å²) in [7, 11) is 0. The summed E-state index contributed by atoms with van der Waals surface area (Å²) in [4.78, 5) is 0. The van der Waals surface area contributed by atoms with Gasteiger partial charge in [-0.3, -0.25) is 0 Å². The number of alkyl halides is 2. The fourth-order valence-electron chi connectivity index (χ4n) is 1.65. The van der Waals surface area contributed by atoms with E-state index in [0.717, 1.165) is 0 Å². The Morgan fingerprint density at radius 1 is 0.947 bits per heavy atom. The molecular formula is C13H7Cl3F2O. The molecule has 2 aromatic rings. The number of benzene rings is 2. The largest absolute Gasteiger partial charge is 0.434 e. The molecule has 0 aliphatic heterocycles. The monoisotopic (exact) mass is 322 g/mol. The van der Waals surface area contributed by atoms with Crippen molar-refractivity contribution in [3.63, 3.8) is 0 Å². The first-order valence-corrected chi connectivity index (χ1v) is 6.31. The lowest BCUT2D eigenvalue weighted by molar-refractivity contribution is -0.0494. The Hall–Kier alpha value is -1.03. The normalized spacial score (nSPS) is 10.8. The van der Waals surface area contributed by atoms with Crippen molar-refractivity contribution in [1.29, 1.82) is 0 Å². The van der Waals surface area contributed by atoms with Crippen molar-refractivity contribution in [2.75, 3.05) is 0 Å². The summed E-state index contributed by atoms with van der Waals surface area (Å²) in [6.07, 6.45) is 0. The lowest BCUT2D eigenvalue weighted by Gasteiger charge is -2.13. The quantitative estimate of drug-likeness (QED) is 0.681. The van der Waals surface area contributed by atoms with Crippen LogP contribution in [0.2, 0.25) is 15.1 Å². The van der Waals surface area contributed by atoms with Gasteiger partial charge in [-0.05, 0) is 24.3 Å². The molecule has 0 amide bonds. The Labute approximate surface area is 123 Å². The van der Waals surface area contributed by atoms with Crippen molar-refractivity contribution in [2.45, 2.75) is 6.61 Å². The molecule has 0 N–H and O–H groups in total. The Balaban J connectivity index is 2.60. The molecule has 0 radical (unpaired) electrons. The second kappa shape index (κ2) is 5.95. The molecule has 1 nitrogen and oxygen atoms in total. The number of hydrogen-bond donors (Lipinski definition) is 0. The van der Waals surface area contributed by atoms with Crippen LogP contribution in [0.4, 0.5) is 8.78 Å². The van der Waals surface area contributed by atoms with Crippen molar-refractivity contribution in [1.82, 2.24) is 0 Å². The maximum Gasteiger partial charge on any atom is 0.387 e. The third kappa shape index (κ3) is 3.30. The lowest BCUT2D eigenvalue weighted by atomic mass is 10.0. The maximum atomic E-state index is 12.4. The average Bonchev–Trinajstić information content (AvgIpc) is 2.30. The van der Waals surface area contributed by atoms with E-state index in [-0.39, 0.29) is 10.8 Å². The zero-order valence-electron chi connectivity index (χ0n) is 9.34. The van der Waals surface area contributed by atoms with Gasteiger partial charge in [0, 0.05) is 16.1 Å². The van der Waals surface area contributed by atoms with Crippen LogP contribution >= 0.6 is 34.8 Å². The van der Waals surface area contributed by atoms with E-state index in [2.05, 4.69) is 4.74 Å². The Morgan fingerprint density at radius 3 is 2.32 bits per heavy atom. The number of hydrogen-bond acceptors (Lipinski definition) is 1. The minimum absolute atomic E-state index is 0.0354. The van der Waals surface area contributed by atoms with Crippen LogP contribution in [0, 0.1) is 0 Å². The highest BCUT2D eigenvalue weighted by Crippen LogP contribution is 2.41. The van der Waals surface area contributed by atoms with Crippen molar-refractivity contribution >= 4 is 34.8 Å². The zero-order valence-corrected chi connectivity index (χ0v) is 11.6.